The van der Waals surface area contributed by atoms with Gasteiger partial charge < -0.3 is 20.8 Å². The highest BCUT2D eigenvalue weighted by molar-refractivity contribution is 5.67. The van der Waals surface area contributed by atoms with Crippen molar-refractivity contribution in [1.29, 1.82) is 0 Å². The Balaban J connectivity index is 1.83. The van der Waals surface area contributed by atoms with Gasteiger partial charge in [0.25, 0.3) is 22.7 Å². The van der Waals surface area contributed by atoms with E-state index in [-0.39, 0.29) is 17.8 Å². The summed E-state index contributed by atoms with van der Waals surface area (Å²) in [5, 5.41) is 70.5. The lowest BCUT2D eigenvalue weighted by atomic mass is 10.1. The van der Waals surface area contributed by atoms with Crippen LogP contribution in [-0.4, -0.2) is 54.2 Å². The van der Waals surface area contributed by atoms with Crippen molar-refractivity contribution in [3.05, 3.63) is 76.9 Å². The molecule has 1 aliphatic rings. The van der Waals surface area contributed by atoms with Gasteiger partial charge in [-0.05, 0) is 18.6 Å². The highest BCUT2D eigenvalue weighted by Crippen LogP contribution is 2.35. The first-order valence-corrected chi connectivity index (χ1v) is 9.24. The maximum Gasteiger partial charge on any atom is 0.299 e. The van der Waals surface area contributed by atoms with E-state index in [1.165, 1.54) is 0 Å². The summed E-state index contributed by atoms with van der Waals surface area (Å²) in [7, 11) is 0. The van der Waals surface area contributed by atoms with E-state index in [1.54, 1.807) is 0 Å². The monoisotopic (exact) mass is 464 g/mol. The van der Waals surface area contributed by atoms with Crippen LogP contribution in [0.3, 0.4) is 0 Å². The van der Waals surface area contributed by atoms with Crippen LogP contribution in [-0.2, 0) is 0 Å². The van der Waals surface area contributed by atoms with Gasteiger partial charge in [-0.3, -0.25) is 40.5 Å². The summed E-state index contributed by atoms with van der Waals surface area (Å²) in [5.74, 6) is 0. The van der Waals surface area contributed by atoms with Crippen LogP contribution in [0.4, 0.5) is 34.1 Å². The van der Waals surface area contributed by atoms with Crippen LogP contribution in [0, 0.1) is 40.5 Å². The summed E-state index contributed by atoms with van der Waals surface area (Å²) in [5.41, 5.74) is -2.53. The fourth-order valence-corrected chi connectivity index (χ4v) is 3.53. The van der Waals surface area contributed by atoms with E-state index < -0.39 is 66.7 Å². The number of aliphatic hydroxyl groups is 2. The van der Waals surface area contributed by atoms with Gasteiger partial charge in [-0.15, -0.1) is 0 Å². The lowest BCUT2D eigenvalue weighted by molar-refractivity contribution is -0.393. The third-order valence-corrected chi connectivity index (χ3v) is 5.14. The minimum atomic E-state index is -1.46. The van der Waals surface area contributed by atoms with Crippen molar-refractivity contribution >= 4 is 34.1 Å². The molecule has 1 aliphatic carbocycles. The van der Waals surface area contributed by atoms with Crippen molar-refractivity contribution < 1.29 is 29.9 Å². The number of hydrogen-bond donors (Lipinski definition) is 4. The summed E-state index contributed by atoms with van der Waals surface area (Å²) in [6, 6.07) is 3.82. The molecule has 16 heteroatoms. The van der Waals surface area contributed by atoms with Gasteiger partial charge in [0, 0.05) is 12.1 Å². The second-order valence-corrected chi connectivity index (χ2v) is 7.15. The second kappa shape index (κ2) is 8.97. The minimum Gasteiger partial charge on any atom is -0.388 e. The Bertz CT molecular complexity index is 1050. The molecule has 0 aliphatic heterocycles. The molecule has 2 aromatic rings. The van der Waals surface area contributed by atoms with Gasteiger partial charge in [0.1, 0.15) is 23.6 Å². The van der Waals surface area contributed by atoms with Gasteiger partial charge in [-0.2, -0.15) is 0 Å². The number of nitrogens with zero attached hydrogens (tertiary/aromatic N) is 4. The van der Waals surface area contributed by atoms with Gasteiger partial charge in [0.05, 0.1) is 43.9 Å². The molecule has 0 amide bonds. The Morgan fingerprint density at radius 2 is 1.03 bits per heavy atom. The third-order valence-electron chi connectivity index (χ3n) is 5.14. The molecule has 1 saturated carbocycles. The second-order valence-electron chi connectivity index (χ2n) is 7.15. The summed E-state index contributed by atoms with van der Waals surface area (Å²) < 4.78 is 0. The Hall–Kier alpha value is -4.44. The molecule has 4 N–H and O–H groups in total. The molecule has 0 bridgehead atoms. The average molecular weight is 464 g/mol. The molecule has 174 valence electrons. The van der Waals surface area contributed by atoms with Gasteiger partial charge in [-0.1, -0.05) is 0 Å². The van der Waals surface area contributed by atoms with Crippen LogP contribution in [0.25, 0.3) is 0 Å². The number of nitro groups is 4. The third kappa shape index (κ3) is 4.75. The predicted octanol–water partition coefficient (Wildman–Crippen LogP) is 1.71. The lowest BCUT2D eigenvalue weighted by Crippen LogP contribution is -2.37. The first-order chi connectivity index (χ1) is 15.5. The topological polar surface area (TPSA) is 237 Å². The predicted molar refractivity (Wildman–Crippen MR) is 111 cm³/mol. The van der Waals surface area contributed by atoms with Crippen molar-refractivity contribution in [2.45, 2.75) is 30.7 Å². The summed E-state index contributed by atoms with van der Waals surface area (Å²) in [6.45, 7) is 0. The summed E-state index contributed by atoms with van der Waals surface area (Å²) in [6.07, 6.45) is -2.99. The molecule has 0 spiro atoms. The highest BCUT2D eigenvalue weighted by atomic mass is 16.6. The summed E-state index contributed by atoms with van der Waals surface area (Å²) in [4.78, 5) is 41.1. The maximum absolute atomic E-state index is 11.3. The molecule has 33 heavy (non-hydrogen) atoms. The SMILES string of the molecule is O=[N+]([O-])c1ccc(N[C@H]2C[C@@H](Nc3ccc([N+](=O)[O-])cc3[N+](=O)[O-])[C@H](O)[C@@H]2O)c([N+](=O)[O-])c1. The number of non-ortho nitro benzene ring substituents is 2. The summed E-state index contributed by atoms with van der Waals surface area (Å²) >= 11 is 0. The molecule has 4 atom stereocenters. The maximum atomic E-state index is 11.3. The van der Waals surface area contributed by atoms with Crippen LogP contribution in [0.2, 0.25) is 0 Å². The molecule has 0 aromatic heterocycles. The van der Waals surface area contributed by atoms with Crippen molar-refractivity contribution in [3.63, 3.8) is 0 Å². The van der Waals surface area contributed by atoms with E-state index in [9.17, 15) is 50.7 Å². The first-order valence-electron chi connectivity index (χ1n) is 9.24. The van der Waals surface area contributed by atoms with E-state index in [0.29, 0.717) is 0 Å². The van der Waals surface area contributed by atoms with Crippen molar-refractivity contribution in [3.8, 4) is 0 Å². The van der Waals surface area contributed by atoms with Gasteiger partial charge in [-0.25, -0.2) is 0 Å². The fourth-order valence-electron chi connectivity index (χ4n) is 3.53. The lowest BCUT2D eigenvalue weighted by Gasteiger charge is -2.19. The molecule has 0 saturated heterocycles. The Morgan fingerprint density at radius 1 is 0.667 bits per heavy atom. The van der Waals surface area contributed by atoms with E-state index in [2.05, 4.69) is 10.6 Å². The van der Waals surface area contributed by atoms with Crippen LogP contribution in [0.15, 0.2) is 36.4 Å². The van der Waals surface area contributed by atoms with Crippen LogP contribution in [0.1, 0.15) is 6.42 Å². The molecule has 1 fully saturated rings. The van der Waals surface area contributed by atoms with E-state index in [0.717, 1.165) is 36.4 Å². The Labute approximate surface area is 183 Å². The molecule has 0 unspecified atom stereocenters. The average Bonchev–Trinajstić information content (AvgIpc) is 3.01. The number of aliphatic hydroxyl groups excluding tert-OH is 2. The number of rotatable bonds is 8. The zero-order chi connectivity index (χ0) is 24.4. The molecule has 2 aromatic carbocycles. The molecular formula is C17H16N6O10. The van der Waals surface area contributed by atoms with E-state index in [1.807, 2.05) is 0 Å². The van der Waals surface area contributed by atoms with Crippen molar-refractivity contribution in [1.82, 2.24) is 0 Å². The molecular weight excluding hydrogens is 448 g/mol. The van der Waals surface area contributed by atoms with Gasteiger partial charge in [0.15, 0.2) is 0 Å². The number of nitrogens with one attached hydrogen (secondary N) is 2. The fraction of sp³-hybridized carbons (Fsp3) is 0.294. The van der Waals surface area contributed by atoms with Gasteiger partial charge >= 0.3 is 0 Å². The first kappa shape index (κ1) is 23.2. The van der Waals surface area contributed by atoms with Crippen molar-refractivity contribution in [2.75, 3.05) is 10.6 Å². The zero-order valence-electron chi connectivity index (χ0n) is 16.4. The van der Waals surface area contributed by atoms with Crippen molar-refractivity contribution in [2.24, 2.45) is 0 Å². The Morgan fingerprint density at radius 3 is 1.33 bits per heavy atom. The number of benzene rings is 2. The zero-order valence-corrected chi connectivity index (χ0v) is 16.4. The Kier molecular flexibility index (Phi) is 6.31. The van der Waals surface area contributed by atoms with E-state index in [4.69, 9.17) is 0 Å². The van der Waals surface area contributed by atoms with E-state index >= 15 is 0 Å². The minimum absolute atomic E-state index is 0.0649. The normalized spacial score (nSPS) is 21.9. The number of hydrogen-bond acceptors (Lipinski definition) is 12. The van der Waals surface area contributed by atoms with Crippen LogP contribution >= 0.6 is 0 Å². The standard InChI is InChI=1S/C17H16N6O10/c24-16-12(18-10-3-1-8(20(26)27)5-14(10)22(30)31)7-13(17(16)25)19-11-4-2-9(21(28)29)6-15(11)23(32)33/h1-6,12-13,16-19,24-25H,7H2/t12-,13+,16+,17-. The molecule has 0 radical (unpaired) electrons. The smallest absolute Gasteiger partial charge is 0.299 e. The molecule has 0 heterocycles. The molecule has 3 rings (SSSR count). The number of nitro benzene ring substituents is 4. The highest BCUT2D eigenvalue weighted by Gasteiger charge is 2.43. The van der Waals surface area contributed by atoms with Crippen LogP contribution in [0.5, 0.6) is 0 Å². The van der Waals surface area contributed by atoms with Gasteiger partial charge in [0.2, 0.25) is 0 Å². The quantitative estimate of drug-likeness (QED) is 0.322. The molecule has 16 nitrogen and oxygen atoms in total. The van der Waals surface area contributed by atoms with Crippen LogP contribution < -0.4 is 10.6 Å². The largest absolute Gasteiger partial charge is 0.388 e. The number of anilines is 2.